The molecule has 0 unspecified atom stereocenters. The van der Waals surface area contributed by atoms with Gasteiger partial charge in [-0.05, 0) is 83.5 Å². The summed E-state index contributed by atoms with van der Waals surface area (Å²) in [5.74, 6) is 1.29. The first-order valence-corrected chi connectivity index (χ1v) is 16.7. The van der Waals surface area contributed by atoms with E-state index < -0.39 is 0 Å². The maximum absolute atomic E-state index is 12.6. The van der Waals surface area contributed by atoms with Crippen molar-refractivity contribution in [1.82, 2.24) is 0 Å². The van der Waals surface area contributed by atoms with Gasteiger partial charge in [0.15, 0.2) is 0 Å². The Labute approximate surface area is 264 Å². The quantitative estimate of drug-likeness (QED) is 0.0849. The van der Waals surface area contributed by atoms with E-state index in [0.717, 1.165) is 59.3 Å². The van der Waals surface area contributed by atoms with Crippen molar-refractivity contribution >= 4 is 16.7 Å². The smallest absolute Gasteiger partial charge is 0.313 e. The predicted molar refractivity (Wildman–Crippen MR) is 183 cm³/mol. The van der Waals surface area contributed by atoms with Gasteiger partial charge in [0, 0.05) is 0 Å². The molecule has 4 aromatic rings. The molecule has 0 amide bonds. The third-order valence-electron chi connectivity index (χ3n) is 8.45. The molecule has 0 aliphatic rings. The van der Waals surface area contributed by atoms with Gasteiger partial charge in [-0.25, -0.2) is 0 Å². The van der Waals surface area contributed by atoms with Crippen LogP contribution in [-0.2, 0) is 16.1 Å². The standard InChI is InChI=1S/C40H50O4/c1-5-8-9-10-11-12-13-26-42-38-23-20-33(21-24-38)32-16-14-31(15-17-32)29-43-39-25-22-35-27-34(18-19-36(35)28-39)30(4)40(41)44-37(6-2)7-3/h14-25,27-28,30,37H,5-13,26,29H2,1-4H3/t30-/m0/s1. The molecule has 4 heteroatoms. The number of hydrogen-bond donors (Lipinski definition) is 0. The van der Waals surface area contributed by atoms with Crippen LogP contribution in [0.25, 0.3) is 21.9 Å². The minimum atomic E-state index is -0.301. The number of benzene rings is 4. The number of esters is 1. The maximum Gasteiger partial charge on any atom is 0.313 e. The van der Waals surface area contributed by atoms with Crippen LogP contribution in [0.15, 0.2) is 84.9 Å². The Kier molecular flexibility index (Phi) is 13.2. The van der Waals surface area contributed by atoms with Gasteiger partial charge < -0.3 is 14.2 Å². The molecular weight excluding hydrogens is 544 g/mol. The van der Waals surface area contributed by atoms with Crippen LogP contribution < -0.4 is 9.47 Å². The van der Waals surface area contributed by atoms with Gasteiger partial charge in [0.25, 0.3) is 0 Å². The number of carbonyl (C=O) groups is 1. The van der Waals surface area contributed by atoms with Crippen molar-refractivity contribution in [2.45, 2.75) is 104 Å². The molecular formula is C40H50O4. The first-order valence-electron chi connectivity index (χ1n) is 16.7. The van der Waals surface area contributed by atoms with Gasteiger partial charge in [0.2, 0.25) is 0 Å². The lowest BCUT2D eigenvalue weighted by Gasteiger charge is -2.18. The van der Waals surface area contributed by atoms with Gasteiger partial charge in [-0.3, -0.25) is 4.79 Å². The van der Waals surface area contributed by atoms with Crippen molar-refractivity contribution in [3.63, 3.8) is 0 Å². The van der Waals surface area contributed by atoms with E-state index in [9.17, 15) is 4.79 Å². The lowest BCUT2D eigenvalue weighted by Crippen LogP contribution is -2.20. The third kappa shape index (κ3) is 9.87. The molecule has 4 nitrogen and oxygen atoms in total. The Hall–Kier alpha value is -3.79. The van der Waals surface area contributed by atoms with Crippen LogP contribution in [0.5, 0.6) is 11.5 Å². The lowest BCUT2D eigenvalue weighted by molar-refractivity contribution is -0.150. The lowest BCUT2D eigenvalue weighted by atomic mass is 9.97. The minimum Gasteiger partial charge on any atom is -0.494 e. The number of ether oxygens (including phenoxy) is 3. The SMILES string of the molecule is CCCCCCCCCOc1ccc(-c2ccc(COc3ccc4cc([C@H](C)C(=O)OC(CC)CC)ccc4c3)cc2)cc1. The van der Waals surface area contributed by atoms with Gasteiger partial charge in [0.1, 0.15) is 24.2 Å². The molecule has 0 saturated carbocycles. The summed E-state index contributed by atoms with van der Waals surface area (Å²) >= 11 is 0. The van der Waals surface area contributed by atoms with E-state index in [4.69, 9.17) is 14.2 Å². The maximum atomic E-state index is 12.6. The number of carbonyl (C=O) groups excluding carboxylic acids is 1. The van der Waals surface area contributed by atoms with E-state index in [1.807, 2.05) is 32.9 Å². The summed E-state index contributed by atoms with van der Waals surface area (Å²) in [5, 5.41) is 2.16. The Balaban J connectivity index is 1.25. The molecule has 0 aromatic heterocycles. The van der Waals surface area contributed by atoms with Crippen LogP contribution in [0.2, 0.25) is 0 Å². The van der Waals surface area contributed by atoms with Crippen LogP contribution in [0.3, 0.4) is 0 Å². The van der Waals surface area contributed by atoms with Crippen LogP contribution >= 0.6 is 0 Å². The summed E-state index contributed by atoms with van der Waals surface area (Å²) in [6.07, 6.45) is 10.7. The number of unbranched alkanes of at least 4 members (excludes halogenated alkanes) is 6. The topological polar surface area (TPSA) is 44.8 Å². The molecule has 0 aliphatic heterocycles. The fraction of sp³-hybridized carbons (Fsp3) is 0.425. The van der Waals surface area contributed by atoms with Crippen LogP contribution in [-0.4, -0.2) is 18.7 Å². The second-order valence-electron chi connectivity index (χ2n) is 11.8. The predicted octanol–water partition coefficient (Wildman–Crippen LogP) is 11.1. The molecule has 44 heavy (non-hydrogen) atoms. The zero-order valence-corrected chi connectivity index (χ0v) is 27.1. The van der Waals surface area contributed by atoms with Crippen molar-refractivity contribution in [2.24, 2.45) is 0 Å². The van der Waals surface area contributed by atoms with Crippen molar-refractivity contribution in [1.29, 1.82) is 0 Å². The van der Waals surface area contributed by atoms with Crippen molar-refractivity contribution in [2.75, 3.05) is 6.61 Å². The van der Waals surface area contributed by atoms with Gasteiger partial charge in [-0.15, -0.1) is 0 Å². The van der Waals surface area contributed by atoms with Crippen molar-refractivity contribution in [3.05, 3.63) is 96.1 Å². The van der Waals surface area contributed by atoms with Crippen molar-refractivity contribution < 1.29 is 19.0 Å². The Morgan fingerprint density at radius 3 is 1.91 bits per heavy atom. The molecule has 0 heterocycles. The molecule has 0 aliphatic carbocycles. The molecule has 234 valence electrons. The molecule has 0 saturated heterocycles. The molecule has 4 aromatic carbocycles. The number of rotatable bonds is 18. The largest absolute Gasteiger partial charge is 0.494 e. The van der Waals surface area contributed by atoms with Gasteiger partial charge in [-0.2, -0.15) is 0 Å². The van der Waals surface area contributed by atoms with Crippen LogP contribution in [0, 0.1) is 0 Å². The van der Waals surface area contributed by atoms with E-state index in [-0.39, 0.29) is 18.0 Å². The summed E-state index contributed by atoms with van der Waals surface area (Å²) in [4.78, 5) is 12.6. The summed E-state index contributed by atoms with van der Waals surface area (Å²) in [6, 6.07) is 29.2. The first kappa shape index (κ1) is 33.1. The highest BCUT2D eigenvalue weighted by molar-refractivity contribution is 5.86. The molecule has 0 spiro atoms. The highest BCUT2D eigenvalue weighted by Gasteiger charge is 2.20. The second kappa shape index (κ2) is 17.5. The summed E-state index contributed by atoms with van der Waals surface area (Å²) in [7, 11) is 0. The third-order valence-corrected chi connectivity index (χ3v) is 8.45. The molecule has 1 atom stereocenters. The Morgan fingerprint density at radius 1 is 0.636 bits per heavy atom. The second-order valence-corrected chi connectivity index (χ2v) is 11.8. The summed E-state index contributed by atoms with van der Waals surface area (Å²) in [5.41, 5.74) is 4.43. The van der Waals surface area contributed by atoms with Gasteiger partial charge in [0.05, 0.1) is 12.5 Å². The van der Waals surface area contributed by atoms with E-state index in [0.29, 0.717) is 6.61 Å². The number of hydrogen-bond acceptors (Lipinski definition) is 4. The Morgan fingerprint density at radius 2 is 1.23 bits per heavy atom. The van der Waals surface area contributed by atoms with Crippen LogP contribution in [0.1, 0.15) is 103 Å². The summed E-state index contributed by atoms with van der Waals surface area (Å²) in [6.45, 7) is 9.54. The summed E-state index contributed by atoms with van der Waals surface area (Å²) < 4.78 is 17.8. The zero-order valence-electron chi connectivity index (χ0n) is 27.1. The fourth-order valence-electron chi connectivity index (χ4n) is 5.41. The van der Waals surface area contributed by atoms with Gasteiger partial charge >= 0.3 is 5.97 Å². The average molecular weight is 595 g/mol. The molecule has 0 N–H and O–H groups in total. The van der Waals surface area contributed by atoms with Crippen LogP contribution in [0.4, 0.5) is 0 Å². The van der Waals surface area contributed by atoms with Gasteiger partial charge in [-0.1, -0.05) is 120 Å². The first-order chi connectivity index (χ1) is 21.5. The molecule has 0 bridgehead atoms. The highest BCUT2D eigenvalue weighted by Crippen LogP contribution is 2.28. The zero-order chi connectivity index (χ0) is 31.1. The van der Waals surface area contributed by atoms with Crippen molar-refractivity contribution in [3.8, 4) is 22.6 Å². The monoisotopic (exact) mass is 594 g/mol. The highest BCUT2D eigenvalue weighted by atomic mass is 16.5. The van der Waals surface area contributed by atoms with E-state index in [1.54, 1.807) is 0 Å². The fourth-order valence-corrected chi connectivity index (χ4v) is 5.41. The molecule has 4 rings (SSSR count). The molecule has 0 radical (unpaired) electrons. The average Bonchev–Trinajstić information content (AvgIpc) is 3.07. The normalized spacial score (nSPS) is 11.9. The minimum absolute atomic E-state index is 0.0165. The molecule has 0 fully saturated rings. The van der Waals surface area contributed by atoms with E-state index >= 15 is 0 Å². The number of fused-ring (bicyclic) bond motifs is 1. The van der Waals surface area contributed by atoms with E-state index in [1.165, 1.54) is 49.7 Å². The Bertz CT molecular complexity index is 1420. The van der Waals surface area contributed by atoms with E-state index in [2.05, 4.69) is 79.7 Å².